The fraction of sp³-hybridized carbons (Fsp3) is 0.625. The molecule has 0 aromatic carbocycles. The predicted molar refractivity (Wildman–Crippen MR) is 56.4 cm³/mol. The monoisotopic (exact) mass is 252 g/mol. The van der Waals surface area contributed by atoms with Gasteiger partial charge in [-0.15, -0.1) is 0 Å². The van der Waals surface area contributed by atoms with Crippen LogP contribution in [-0.4, -0.2) is 25.3 Å². The van der Waals surface area contributed by atoms with E-state index in [1.165, 1.54) is 13.3 Å². The number of methoxy groups -OCH3 is 1. The first-order valence-corrected chi connectivity index (χ1v) is 6.68. The van der Waals surface area contributed by atoms with Crippen molar-refractivity contribution in [3.8, 4) is 0 Å². The molecule has 0 atom stereocenters. The quantitative estimate of drug-likeness (QED) is 0.763. The normalized spacial score (nSPS) is 12.3. The summed E-state index contributed by atoms with van der Waals surface area (Å²) in [6.45, 7) is 3.92. The molecule has 0 unspecified atom stereocenters. The topological polar surface area (TPSA) is 61.2 Å². The molecule has 7 heteroatoms. The Balaban J connectivity index is 3.24. The number of hydrogen-bond acceptors (Lipinski definition) is 4. The van der Waals surface area contributed by atoms with Crippen molar-refractivity contribution in [1.29, 1.82) is 0 Å². The Bertz CT molecular complexity index is 439. The van der Waals surface area contributed by atoms with E-state index in [2.05, 4.69) is 5.10 Å². The molecule has 0 aliphatic rings. The zero-order valence-electron chi connectivity index (χ0n) is 8.77. The molecule has 1 rings (SSSR count). The summed E-state index contributed by atoms with van der Waals surface area (Å²) in [5.74, 6) is 0. The van der Waals surface area contributed by atoms with Gasteiger partial charge in [0.1, 0.15) is 10.6 Å². The number of rotatable bonds is 4. The van der Waals surface area contributed by atoms with Crippen molar-refractivity contribution in [3.05, 3.63) is 11.9 Å². The fourth-order valence-electron chi connectivity index (χ4n) is 1.12. The summed E-state index contributed by atoms with van der Waals surface area (Å²) in [6, 6.07) is 0.0766. The molecule has 0 spiro atoms. The second-order valence-electron chi connectivity index (χ2n) is 3.38. The van der Waals surface area contributed by atoms with Crippen LogP contribution in [0.1, 0.15) is 25.6 Å². The molecule has 0 aliphatic heterocycles. The van der Waals surface area contributed by atoms with Gasteiger partial charge in [-0.1, -0.05) is 0 Å². The maximum absolute atomic E-state index is 11.2. The smallest absolute Gasteiger partial charge is 0.264 e. The average molecular weight is 253 g/mol. The minimum atomic E-state index is -3.76. The molecule has 15 heavy (non-hydrogen) atoms. The highest BCUT2D eigenvalue weighted by atomic mass is 35.7. The molecule has 0 N–H and O–H groups in total. The number of nitrogens with zero attached hydrogens (tertiary/aromatic N) is 2. The van der Waals surface area contributed by atoms with Crippen LogP contribution in [0, 0.1) is 0 Å². The summed E-state index contributed by atoms with van der Waals surface area (Å²) in [6.07, 6.45) is 1.42. The van der Waals surface area contributed by atoms with E-state index in [0.717, 1.165) is 0 Å². The van der Waals surface area contributed by atoms with Crippen molar-refractivity contribution < 1.29 is 13.2 Å². The Morgan fingerprint density at radius 3 is 2.60 bits per heavy atom. The predicted octanol–water partition coefficient (Wildman–Crippen LogP) is 1.54. The molecule has 0 radical (unpaired) electrons. The van der Waals surface area contributed by atoms with E-state index in [4.69, 9.17) is 15.4 Å². The molecule has 1 heterocycles. The maximum Gasteiger partial charge on any atom is 0.264 e. The minimum Gasteiger partial charge on any atom is -0.378 e. The van der Waals surface area contributed by atoms with Gasteiger partial charge in [0.15, 0.2) is 0 Å². The van der Waals surface area contributed by atoms with Crippen molar-refractivity contribution in [2.75, 3.05) is 7.11 Å². The molecule has 1 aromatic rings. The first-order valence-electron chi connectivity index (χ1n) is 4.38. The lowest BCUT2D eigenvalue weighted by molar-refractivity contribution is 0.178. The molecule has 0 amide bonds. The van der Waals surface area contributed by atoms with Gasteiger partial charge in [-0.05, 0) is 13.8 Å². The fourth-order valence-corrected chi connectivity index (χ4v) is 2.12. The maximum atomic E-state index is 11.2. The highest BCUT2D eigenvalue weighted by Crippen LogP contribution is 2.21. The van der Waals surface area contributed by atoms with Gasteiger partial charge in [-0.25, -0.2) is 8.42 Å². The first kappa shape index (κ1) is 12.5. The van der Waals surface area contributed by atoms with E-state index in [-0.39, 0.29) is 17.5 Å². The molecule has 0 saturated carbocycles. The number of ether oxygens (including phenoxy) is 1. The van der Waals surface area contributed by atoms with E-state index in [9.17, 15) is 8.42 Å². The van der Waals surface area contributed by atoms with Gasteiger partial charge in [0.2, 0.25) is 0 Å². The highest BCUT2D eigenvalue weighted by Gasteiger charge is 2.20. The Labute approximate surface area is 93.4 Å². The lowest BCUT2D eigenvalue weighted by Crippen LogP contribution is -2.02. The summed E-state index contributed by atoms with van der Waals surface area (Å²) < 4.78 is 28.8. The van der Waals surface area contributed by atoms with Crippen molar-refractivity contribution in [1.82, 2.24) is 9.78 Å². The van der Waals surface area contributed by atoms with E-state index >= 15 is 0 Å². The van der Waals surface area contributed by atoms with E-state index in [1.807, 2.05) is 13.8 Å². The zero-order valence-corrected chi connectivity index (χ0v) is 10.3. The van der Waals surface area contributed by atoms with Crippen molar-refractivity contribution in [2.24, 2.45) is 0 Å². The summed E-state index contributed by atoms with van der Waals surface area (Å²) >= 11 is 0. The number of halogens is 1. The van der Waals surface area contributed by atoms with Crippen LogP contribution in [0.3, 0.4) is 0 Å². The standard InChI is InChI=1S/C8H13ClN2O3S/c1-6(2)11-4-8(15(9,12)13)7(10-11)5-14-3/h4,6H,5H2,1-3H3. The van der Waals surface area contributed by atoms with Crippen molar-refractivity contribution in [2.45, 2.75) is 31.4 Å². The lowest BCUT2D eigenvalue weighted by atomic mass is 10.4. The Kier molecular flexibility index (Phi) is 3.75. The largest absolute Gasteiger partial charge is 0.378 e. The van der Waals surface area contributed by atoms with Crippen LogP contribution in [0.25, 0.3) is 0 Å². The molecule has 1 aromatic heterocycles. The van der Waals surface area contributed by atoms with Gasteiger partial charge < -0.3 is 4.74 Å². The van der Waals surface area contributed by atoms with Gasteiger partial charge in [-0.2, -0.15) is 5.10 Å². The molecule has 86 valence electrons. The Hall–Kier alpha value is -0.590. The molecular weight excluding hydrogens is 240 g/mol. The molecule has 0 saturated heterocycles. The molecule has 0 bridgehead atoms. The van der Waals surface area contributed by atoms with Crippen LogP contribution >= 0.6 is 10.7 Å². The van der Waals surface area contributed by atoms with Crippen LogP contribution in [0.5, 0.6) is 0 Å². The molecule has 0 aliphatic carbocycles. The average Bonchev–Trinajstić information content (AvgIpc) is 2.48. The third kappa shape index (κ3) is 2.93. The van der Waals surface area contributed by atoms with E-state index in [1.54, 1.807) is 4.68 Å². The van der Waals surface area contributed by atoms with Crippen LogP contribution in [0.4, 0.5) is 0 Å². The third-order valence-electron chi connectivity index (χ3n) is 1.84. The summed E-state index contributed by atoms with van der Waals surface area (Å²) in [5.41, 5.74) is 0.334. The van der Waals surface area contributed by atoms with Gasteiger partial charge in [-0.3, -0.25) is 4.68 Å². The Morgan fingerprint density at radius 2 is 2.20 bits per heavy atom. The van der Waals surface area contributed by atoms with Gasteiger partial charge >= 0.3 is 0 Å². The van der Waals surface area contributed by atoms with Crippen molar-refractivity contribution in [3.63, 3.8) is 0 Å². The molecule has 5 nitrogen and oxygen atoms in total. The van der Waals surface area contributed by atoms with Crippen LogP contribution in [-0.2, 0) is 20.4 Å². The van der Waals surface area contributed by atoms with Crippen LogP contribution < -0.4 is 0 Å². The second-order valence-corrected chi connectivity index (χ2v) is 5.92. The molecular formula is C8H13ClN2O3S. The summed E-state index contributed by atoms with van der Waals surface area (Å²) in [4.78, 5) is 0.0136. The van der Waals surface area contributed by atoms with E-state index < -0.39 is 9.05 Å². The van der Waals surface area contributed by atoms with Gasteiger partial charge in [0.05, 0.1) is 6.61 Å². The molecule has 0 fully saturated rings. The number of hydrogen-bond donors (Lipinski definition) is 0. The van der Waals surface area contributed by atoms with Gasteiger partial charge in [0, 0.05) is 30.0 Å². The minimum absolute atomic E-state index is 0.0136. The first-order chi connectivity index (χ1) is 6.86. The van der Waals surface area contributed by atoms with Gasteiger partial charge in [0.25, 0.3) is 9.05 Å². The zero-order chi connectivity index (χ0) is 11.6. The van der Waals surface area contributed by atoms with Crippen LogP contribution in [0.15, 0.2) is 11.1 Å². The van der Waals surface area contributed by atoms with E-state index in [0.29, 0.717) is 5.69 Å². The highest BCUT2D eigenvalue weighted by molar-refractivity contribution is 8.13. The SMILES string of the molecule is COCc1nn(C(C)C)cc1S(=O)(=O)Cl. The Morgan fingerprint density at radius 1 is 1.60 bits per heavy atom. The summed E-state index contributed by atoms with van der Waals surface area (Å²) in [7, 11) is 2.99. The van der Waals surface area contributed by atoms with Crippen molar-refractivity contribution >= 4 is 19.7 Å². The summed E-state index contributed by atoms with van der Waals surface area (Å²) in [5, 5.41) is 4.09. The lowest BCUT2D eigenvalue weighted by Gasteiger charge is -2.02. The number of aromatic nitrogens is 2. The second kappa shape index (κ2) is 4.51. The third-order valence-corrected chi connectivity index (χ3v) is 3.21. The van der Waals surface area contributed by atoms with Crippen LogP contribution in [0.2, 0.25) is 0 Å².